The molecule has 1 atom stereocenters. The Balaban J connectivity index is 1.62. The van der Waals surface area contributed by atoms with Gasteiger partial charge in [0.05, 0.1) is 15.8 Å². The van der Waals surface area contributed by atoms with Crippen molar-refractivity contribution in [3.8, 4) is 0 Å². The van der Waals surface area contributed by atoms with E-state index in [9.17, 15) is 16.8 Å². The van der Waals surface area contributed by atoms with Gasteiger partial charge in [-0.1, -0.05) is 0 Å². The molecule has 1 saturated heterocycles. The molecule has 1 fully saturated rings. The minimum atomic E-state index is -3.70. The SMILES string of the molecule is CC1c2cccn2CCN1S(=O)(=O)c1ccc(S(=O)(=O)N2CCCC2)cc1. The third-order valence-electron chi connectivity index (χ3n) is 5.42. The largest absolute Gasteiger partial charge is 0.349 e. The third-order valence-corrected chi connectivity index (χ3v) is 9.32. The topological polar surface area (TPSA) is 79.7 Å². The summed E-state index contributed by atoms with van der Waals surface area (Å²) in [5.74, 6) is 0. The highest BCUT2D eigenvalue weighted by atomic mass is 32.2. The molecule has 0 bridgehead atoms. The molecule has 0 aliphatic carbocycles. The van der Waals surface area contributed by atoms with E-state index in [2.05, 4.69) is 4.57 Å². The molecule has 2 aliphatic heterocycles. The number of benzene rings is 1. The Bertz CT molecular complexity index is 1040. The van der Waals surface area contributed by atoms with Gasteiger partial charge in [0.15, 0.2) is 0 Å². The van der Waals surface area contributed by atoms with Gasteiger partial charge in [-0.2, -0.15) is 8.61 Å². The second-order valence-electron chi connectivity index (χ2n) is 7.00. The monoisotopic (exact) mass is 409 g/mol. The first-order chi connectivity index (χ1) is 12.8. The molecule has 4 rings (SSSR count). The van der Waals surface area contributed by atoms with E-state index in [1.165, 1.54) is 32.9 Å². The van der Waals surface area contributed by atoms with Gasteiger partial charge in [-0.15, -0.1) is 0 Å². The standard InChI is InChI=1S/C18H23N3O4S2/c1-15-18-5-4-10-19(18)13-14-21(15)27(24,25)17-8-6-16(7-9-17)26(22,23)20-11-2-3-12-20/h4-10,15H,2-3,11-14H2,1H3. The summed E-state index contributed by atoms with van der Waals surface area (Å²) in [5.41, 5.74) is 0.957. The fourth-order valence-electron chi connectivity index (χ4n) is 3.88. The molecule has 2 aliphatic rings. The number of aromatic nitrogens is 1. The maximum Gasteiger partial charge on any atom is 0.243 e. The van der Waals surface area contributed by atoms with Crippen LogP contribution in [0.25, 0.3) is 0 Å². The zero-order valence-electron chi connectivity index (χ0n) is 15.2. The van der Waals surface area contributed by atoms with Crippen molar-refractivity contribution in [3.63, 3.8) is 0 Å². The molecule has 7 nitrogen and oxygen atoms in total. The molecule has 27 heavy (non-hydrogen) atoms. The van der Waals surface area contributed by atoms with Gasteiger partial charge < -0.3 is 4.57 Å². The molecule has 0 radical (unpaired) electrons. The number of sulfonamides is 2. The lowest BCUT2D eigenvalue weighted by Crippen LogP contribution is -2.40. The van der Waals surface area contributed by atoms with Crippen LogP contribution in [-0.4, -0.2) is 49.6 Å². The van der Waals surface area contributed by atoms with E-state index in [1.807, 2.05) is 25.3 Å². The zero-order chi connectivity index (χ0) is 19.2. The van der Waals surface area contributed by atoms with Gasteiger partial charge in [-0.05, 0) is 56.2 Å². The Hall–Kier alpha value is -1.68. The molecular formula is C18H23N3O4S2. The van der Waals surface area contributed by atoms with E-state index in [0.29, 0.717) is 26.2 Å². The number of hydrogen-bond donors (Lipinski definition) is 0. The van der Waals surface area contributed by atoms with Crippen LogP contribution >= 0.6 is 0 Å². The van der Waals surface area contributed by atoms with E-state index in [0.717, 1.165) is 18.5 Å². The van der Waals surface area contributed by atoms with E-state index in [-0.39, 0.29) is 15.8 Å². The Kier molecular flexibility index (Phi) is 4.66. The van der Waals surface area contributed by atoms with E-state index in [4.69, 9.17) is 0 Å². The van der Waals surface area contributed by atoms with Crippen molar-refractivity contribution in [2.75, 3.05) is 19.6 Å². The normalized spacial score (nSPS) is 22.0. The summed E-state index contributed by atoms with van der Waals surface area (Å²) in [4.78, 5) is 0.263. The molecule has 0 N–H and O–H groups in total. The van der Waals surface area contributed by atoms with Crippen molar-refractivity contribution in [1.82, 2.24) is 13.2 Å². The molecule has 3 heterocycles. The summed E-state index contributed by atoms with van der Waals surface area (Å²) in [7, 11) is -7.25. The molecule has 0 saturated carbocycles. The average molecular weight is 410 g/mol. The lowest BCUT2D eigenvalue weighted by Gasteiger charge is -2.33. The van der Waals surface area contributed by atoms with Crippen molar-refractivity contribution in [1.29, 1.82) is 0 Å². The van der Waals surface area contributed by atoms with Gasteiger partial charge in [0.2, 0.25) is 20.0 Å². The van der Waals surface area contributed by atoms with Crippen molar-refractivity contribution in [3.05, 3.63) is 48.3 Å². The second kappa shape index (κ2) is 6.73. The van der Waals surface area contributed by atoms with Gasteiger partial charge in [0, 0.05) is 38.1 Å². The Morgan fingerprint density at radius 1 is 0.815 bits per heavy atom. The summed E-state index contributed by atoms with van der Waals surface area (Å²) in [6.07, 6.45) is 3.67. The lowest BCUT2D eigenvalue weighted by molar-refractivity contribution is 0.282. The van der Waals surface area contributed by atoms with Gasteiger partial charge in [0.1, 0.15) is 0 Å². The molecular weight excluding hydrogens is 386 g/mol. The Morgan fingerprint density at radius 3 is 2.04 bits per heavy atom. The summed E-state index contributed by atoms with van der Waals surface area (Å²) < 4.78 is 56.4. The predicted molar refractivity (Wildman–Crippen MR) is 101 cm³/mol. The van der Waals surface area contributed by atoms with Crippen LogP contribution in [0.15, 0.2) is 52.4 Å². The number of hydrogen-bond acceptors (Lipinski definition) is 4. The molecule has 9 heteroatoms. The minimum Gasteiger partial charge on any atom is -0.349 e. The van der Waals surface area contributed by atoms with Gasteiger partial charge in [0.25, 0.3) is 0 Å². The fourth-order valence-corrected chi connectivity index (χ4v) is 7.00. The van der Waals surface area contributed by atoms with Crippen LogP contribution in [0.1, 0.15) is 31.5 Å². The lowest BCUT2D eigenvalue weighted by atomic mass is 10.2. The van der Waals surface area contributed by atoms with Crippen molar-refractivity contribution >= 4 is 20.0 Å². The average Bonchev–Trinajstić information content (AvgIpc) is 3.34. The first-order valence-corrected chi connectivity index (χ1v) is 12.0. The molecule has 0 amide bonds. The highest BCUT2D eigenvalue weighted by Gasteiger charge is 2.34. The van der Waals surface area contributed by atoms with Crippen LogP contribution in [-0.2, 0) is 26.6 Å². The summed E-state index contributed by atoms with van der Waals surface area (Å²) in [6.45, 7) is 3.90. The molecule has 0 spiro atoms. The number of rotatable bonds is 4. The summed E-state index contributed by atoms with van der Waals surface area (Å²) >= 11 is 0. The van der Waals surface area contributed by atoms with Crippen LogP contribution in [0, 0.1) is 0 Å². The van der Waals surface area contributed by atoms with Gasteiger partial charge in [-0.3, -0.25) is 0 Å². The van der Waals surface area contributed by atoms with Gasteiger partial charge >= 0.3 is 0 Å². The van der Waals surface area contributed by atoms with Crippen molar-refractivity contribution < 1.29 is 16.8 Å². The summed E-state index contributed by atoms with van der Waals surface area (Å²) in [5, 5.41) is 0. The van der Waals surface area contributed by atoms with Crippen molar-refractivity contribution in [2.45, 2.75) is 42.1 Å². The molecule has 146 valence electrons. The van der Waals surface area contributed by atoms with Crippen LogP contribution < -0.4 is 0 Å². The second-order valence-corrected chi connectivity index (χ2v) is 10.8. The van der Waals surface area contributed by atoms with Crippen LogP contribution in [0.2, 0.25) is 0 Å². The Labute approximate surface area is 160 Å². The molecule has 1 aromatic heterocycles. The van der Waals surface area contributed by atoms with E-state index < -0.39 is 20.0 Å². The first-order valence-electron chi connectivity index (χ1n) is 9.09. The Morgan fingerprint density at radius 2 is 1.41 bits per heavy atom. The highest BCUT2D eigenvalue weighted by molar-refractivity contribution is 7.89. The predicted octanol–water partition coefficient (Wildman–Crippen LogP) is 2.04. The maximum absolute atomic E-state index is 13.1. The molecule has 1 unspecified atom stereocenters. The molecule has 2 aromatic rings. The summed E-state index contributed by atoms with van der Waals surface area (Å²) in [6, 6.07) is 9.18. The highest BCUT2D eigenvalue weighted by Crippen LogP contribution is 2.31. The van der Waals surface area contributed by atoms with E-state index >= 15 is 0 Å². The third kappa shape index (κ3) is 3.12. The molecule has 1 aromatic carbocycles. The van der Waals surface area contributed by atoms with Crippen molar-refractivity contribution in [2.24, 2.45) is 0 Å². The number of nitrogens with zero attached hydrogens (tertiary/aromatic N) is 3. The fraction of sp³-hybridized carbons (Fsp3) is 0.444. The smallest absolute Gasteiger partial charge is 0.243 e. The quantitative estimate of drug-likeness (QED) is 0.774. The van der Waals surface area contributed by atoms with Crippen LogP contribution in [0.5, 0.6) is 0 Å². The first kappa shape index (κ1) is 18.7. The van der Waals surface area contributed by atoms with Crippen LogP contribution in [0.3, 0.4) is 0 Å². The van der Waals surface area contributed by atoms with Gasteiger partial charge in [-0.25, -0.2) is 16.8 Å². The van der Waals surface area contributed by atoms with Crippen LogP contribution in [0.4, 0.5) is 0 Å². The number of fused-ring (bicyclic) bond motifs is 1. The minimum absolute atomic E-state index is 0.120. The maximum atomic E-state index is 13.1. The zero-order valence-corrected chi connectivity index (χ0v) is 16.8. The van der Waals surface area contributed by atoms with E-state index in [1.54, 1.807) is 0 Å².